The summed E-state index contributed by atoms with van der Waals surface area (Å²) in [4.78, 5) is 11.4. The van der Waals surface area contributed by atoms with Gasteiger partial charge in [-0.05, 0) is 61.6 Å². The lowest BCUT2D eigenvalue weighted by atomic mass is 9.84. The third-order valence-electron chi connectivity index (χ3n) is 6.17. The molecule has 1 aliphatic rings. The second-order valence-corrected chi connectivity index (χ2v) is 10.7. The summed E-state index contributed by atoms with van der Waals surface area (Å²) in [7, 11) is -3.82. The van der Waals surface area contributed by atoms with Gasteiger partial charge in [0.25, 0.3) is 0 Å². The van der Waals surface area contributed by atoms with E-state index < -0.39 is 33.5 Å². The van der Waals surface area contributed by atoms with Crippen molar-refractivity contribution in [3.63, 3.8) is 0 Å². The van der Waals surface area contributed by atoms with Crippen molar-refractivity contribution in [1.29, 1.82) is 0 Å². The number of aryl methyl sites for hydroxylation is 1. The molecular formula is C23H22ClF2NO4S. The van der Waals surface area contributed by atoms with Crippen molar-refractivity contribution in [2.24, 2.45) is 0 Å². The molecule has 1 heterocycles. The summed E-state index contributed by atoms with van der Waals surface area (Å²) < 4.78 is 55.8. The quantitative estimate of drug-likeness (QED) is 0.523. The molecule has 32 heavy (non-hydrogen) atoms. The summed E-state index contributed by atoms with van der Waals surface area (Å²) in [6, 6.07) is 6.09. The lowest BCUT2D eigenvalue weighted by molar-refractivity contribution is -0.137. The first-order chi connectivity index (χ1) is 15.0. The number of sulfone groups is 1. The van der Waals surface area contributed by atoms with Crippen LogP contribution >= 0.6 is 11.6 Å². The molecule has 0 saturated carbocycles. The summed E-state index contributed by atoms with van der Waals surface area (Å²) in [6.45, 7) is 1.78. The SMILES string of the molecule is C[C@@H](c1ccc(Cl)c(F)c1)n1c2c(c3cc(F)cc(S(C)(=O)=O)c31)CCCC2CC(=O)O. The highest BCUT2D eigenvalue weighted by Crippen LogP contribution is 2.45. The Kier molecular flexibility index (Phi) is 5.79. The van der Waals surface area contributed by atoms with Crippen LogP contribution in [0.4, 0.5) is 8.78 Å². The maximum absolute atomic E-state index is 14.5. The van der Waals surface area contributed by atoms with Gasteiger partial charge in [-0.2, -0.15) is 0 Å². The molecule has 2 aromatic carbocycles. The maximum atomic E-state index is 14.5. The number of nitrogens with zero attached hydrogens (tertiary/aromatic N) is 1. The second kappa shape index (κ2) is 8.15. The van der Waals surface area contributed by atoms with E-state index >= 15 is 0 Å². The molecule has 0 fully saturated rings. The van der Waals surface area contributed by atoms with Crippen molar-refractivity contribution in [3.05, 3.63) is 63.8 Å². The van der Waals surface area contributed by atoms with Crippen LogP contribution in [0.2, 0.25) is 5.02 Å². The highest BCUT2D eigenvalue weighted by molar-refractivity contribution is 7.91. The van der Waals surface area contributed by atoms with Gasteiger partial charge in [0.15, 0.2) is 9.84 Å². The van der Waals surface area contributed by atoms with Gasteiger partial charge in [0.1, 0.15) is 11.6 Å². The zero-order chi connectivity index (χ0) is 23.4. The number of carboxylic acid groups (broad SMARTS) is 1. The van der Waals surface area contributed by atoms with E-state index in [2.05, 4.69) is 0 Å². The van der Waals surface area contributed by atoms with E-state index in [4.69, 9.17) is 11.6 Å². The average Bonchev–Trinajstić information content (AvgIpc) is 3.03. The van der Waals surface area contributed by atoms with Crippen LogP contribution in [0.15, 0.2) is 35.2 Å². The van der Waals surface area contributed by atoms with Gasteiger partial charge in [-0.3, -0.25) is 4.79 Å². The Labute approximate surface area is 189 Å². The highest BCUT2D eigenvalue weighted by Gasteiger charge is 2.33. The fourth-order valence-electron chi connectivity index (χ4n) is 4.84. The molecule has 0 radical (unpaired) electrons. The molecule has 0 bridgehead atoms. The van der Waals surface area contributed by atoms with Gasteiger partial charge in [0.05, 0.1) is 27.9 Å². The Morgan fingerprint density at radius 3 is 2.62 bits per heavy atom. The van der Waals surface area contributed by atoms with Crippen LogP contribution in [0.5, 0.6) is 0 Å². The number of hydrogen-bond acceptors (Lipinski definition) is 3. The van der Waals surface area contributed by atoms with E-state index in [-0.39, 0.29) is 22.3 Å². The number of halogens is 3. The molecule has 0 saturated heterocycles. The van der Waals surface area contributed by atoms with Crippen molar-refractivity contribution in [2.45, 2.75) is 49.5 Å². The van der Waals surface area contributed by atoms with E-state index in [0.717, 1.165) is 17.9 Å². The smallest absolute Gasteiger partial charge is 0.304 e. The van der Waals surface area contributed by atoms with Gasteiger partial charge < -0.3 is 9.67 Å². The van der Waals surface area contributed by atoms with Gasteiger partial charge >= 0.3 is 5.97 Å². The van der Waals surface area contributed by atoms with Crippen molar-refractivity contribution >= 4 is 38.3 Å². The summed E-state index contributed by atoms with van der Waals surface area (Å²) in [6.07, 6.45) is 2.76. The lowest BCUT2D eigenvalue weighted by Gasteiger charge is -2.28. The Morgan fingerprint density at radius 2 is 2.00 bits per heavy atom. The molecule has 170 valence electrons. The van der Waals surface area contributed by atoms with Crippen LogP contribution in [-0.2, 0) is 21.1 Å². The van der Waals surface area contributed by atoms with Gasteiger partial charge in [0.2, 0.25) is 0 Å². The monoisotopic (exact) mass is 481 g/mol. The molecule has 0 amide bonds. The van der Waals surface area contributed by atoms with Crippen LogP contribution in [0.25, 0.3) is 10.9 Å². The first kappa shape index (κ1) is 22.7. The largest absolute Gasteiger partial charge is 0.481 e. The molecule has 1 aromatic heterocycles. The summed E-state index contributed by atoms with van der Waals surface area (Å²) in [5, 5.41) is 9.89. The molecule has 2 atom stereocenters. The number of hydrogen-bond donors (Lipinski definition) is 1. The zero-order valence-corrected chi connectivity index (χ0v) is 19.1. The van der Waals surface area contributed by atoms with E-state index in [0.29, 0.717) is 41.4 Å². The van der Waals surface area contributed by atoms with Crippen LogP contribution in [0, 0.1) is 11.6 Å². The first-order valence-electron chi connectivity index (χ1n) is 10.2. The number of fused-ring (bicyclic) bond motifs is 3. The first-order valence-corrected chi connectivity index (χ1v) is 12.5. The molecule has 1 aliphatic carbocycles. The fourth-order valence-corrected chi connectivity index (χ4v) is 5.84. The number of carboxylic acids is 1. The molecule has 1 N–H and O–H groups in total. The number of carbonyl (C=O) groups is 1. The highest BCUT2D eigenvalue weighted by atomic mass is 35.5. The Morgan fingerprint density at radius 1 is 1.28 bits per heavy atom. The maximum Gasteiger partial charge on any atom is 0.304 e. The fraction of sp³-hybridized carbons (Fsp3) is 0.348. The normalized spacial score (nSPS) is 17.3. The number of benzene rings is 2. The van der Waals surface area contributed by atoms with Crippen molar-refractivity contribution in [3.8, 4) is 0 Å². The minimum atomic E-state index is -3.82. The third-order valence-corrected chi connectivity index (χ3v) is 7.59. The summed E-state index contributed by atoms with van der Waals surface area (Å²) >= 11 is 5.84. The summed E-state index contributed by atoms with van der Waals surface area (Å²) in [5.74, 6) is -2.64. The van der Waals surface area contributed by atoms with E-state index in [1.54, 1.807) is 17.6 Å². The van der Waals surface area contributed by atoms with Crippen LogP contribution < -0.4 is 0 Å². The van der Waals surface area contributed by atoms with Gasteiger partial charge in [-0.25, -0.2) is 17.2 Å². The minimum Gasteiger partial charge on any atom is -0.481 e. The number of aliphatic carboxylic acids is 1. The predicted molar refractivity (Wildman–Crippen MR) is 118 cm³/mol. The van der Waals surface area contributed by atoms with Crippen LogP contribution in [0.1, 0.15) is 55.0 Å². The standard InChI is InChI=1S/C23H22ClF2NO4S/c1-12(13-6-7-18(24)19(26)8-13)27-22-14(9-21(28)29)4-3-5-16(22)17-10-15(25)11-20(23(17)27)32(2,30)31/h6-8,10-12,14H,3-5,9H2,1-2H3,(H,28,29)/t12-,14?/m0/s1. The number of rotatable bonds is 5. The molecule has 5 nitrogen and oxygen atoms in total. The topological polar surface area (TPSA) is 76.4 Å². The molecule has 1 unspecified atom stereocenters. The van der Waals surface area contributed by atoms with Crippen molar-refractivity contribution in [1.82, 2.24) is 4.57 Å². The Bertz CT molecular complexity index is 1350. The predicted octanol–water partition coefficient (Wildman–Crippen LogP) is 5.48. The van der Waals surface area contributed by atoms with E-state index in [1.807, 2.05) is 0 Å². The Hall–Kier alpha value is -2.45. The molecule has 4 rings (SSSR count). The zero-order valence-electron chi connectivity index (χ0n) is 17.5. The van der Waals surface area contributed by atoms with E-state index in [1.165, 1.54) is 18.2 Å². The Balaban J connectivity index is 2.11. The van der Waals surface area contributed by atoms with Crippen molar-refractivity contribution < 1.29 is 27.1 Å². The number of aromatic nitrogens is 1. The van der Waals surface area contributed by atoms with Crippen molar-refractivity contribution in [2.75, 3.05) is 6.26 Å². The van der Waals surface area contributed by atoms with Gasteiger partial charge in [-0.15, -0.1) is 0 Å². The summed E-state index contributed by atoms with van der Waals surface area (Å²) in [5.41, 5.74) is 2.28. The minimum absolute atomic E-state index is 0.0389. The molecular weight excluding hydrogens is 460 g/mol. The van der Waals surface area contributed by atoms with Crippen LogP contribution in [-0.4, -0.2) is 30.3 Å². The molecule has 0 spiro atoms. The van der Waals surface area contributed by atoms with E-state index in [9.17, 15) is 27.1 Å². The molecule has 3 aromatic rings. The van der Waals surface area contributed by atoms with Crippen LogP contribution in [0.3, 0.4) is 0 Å². The third kappa shape index (κ3) is 3.90. The lowest BCUT2D eigenvalue weighted by Crippen LogP contribution is -2.20. The van der Waals surface area contributed by atoms with Gasteiger partial charge in [-0.1, -0.05) is 17.7 Å². The average molecular weight is 482 g/mol. The molecule has 0 aliphatic heterocycles. The second-order valence-electron chi connectivity index (χ2n) is 8.34. The van der Waals surface area contributed by atoms with Gasteiger partial charge in [0, 0.05) is 23.3 Å². The molecule has 9 heteroatoms.